The second kappa shape index (κ2) is 11.3. The highest BCUT2D eigenvalue weighted by molar-refractivity contribution is 7.98. The van der Waals surface area contributed by atoms with Gasteiger partial charge in [0.1, 0.15) is 11.6 Å². The van der Waals surface area contributed by atoms with Gasteiger partial charge in [0.05, 0.1) is 24.5 Å². The van der Waals surface area contributed by atoms with Gasteiger partial charge in [-0.1, -0.05) is 5.16 Å². The number of hydrogen-bond donors (Lipinski definition) is 1. The van der Waals surface area contributed by atoms with Gasteiger partial charge in [-0.2, -0.15) is 16.7 Å². The molecule has 0 radical (unpaired) electrons. The Morgan fingerprint density at radius 2 is 2.16 bits per heavy atom. The van der Waals surface area contributed by atoms with Gasteiger partial charge in [-0.25, -0.2) is 4.39 Å². The van der Waals surface area contributed by atoms with E-state index in [0.717, 1.165) is 43.1 Å². The van der Waals surface area contributed by atoms with Crippen LogP contribution in [0.1, 0.15) is 30.9 Å². The Labute approximate surface area is 190 Å². The number of likely N-dealkylation sites (tertiary alicyclic amines) is 1. The zero-order valence-electron chi connectivity index (χ0n) is 17.8. The first-order valence-corrected chi connectivity index (χ1v) is 12.0. The SMILES string of the molecule is O=C(NCCCSCc1ccco1)C1CCCN(Cc2nc(-c3ccc(F)cc3)no2)C1. The third-order valence-corrected chi connectivity index (χ3v) is 6.46. The van der Waals surface area contributed by atoms with Crippen LogP contribution in [0.5, 0.6) is 0 Å². The highest BCUT2D eigenvalue weighted by atomic mass is 32.2. The predicted octanol–water partition coefficient (Wildman–Crippen LogP) is 4.12. The molecular weight excluding hydrogens is 431 g/mol. The van der Waals surface area contributed by atoms with E-state index in [0.29, 0.717) is 36.9 Å². The van der Waals surface area contributed by atoms with Crippen LogP contribution in [0.15, 0.2) is 51.6 Å². The van der Waals surface area contributed by atoms with Crippen LogP contribution in [-0.2, 0) is 17.1 Å². The summed E-state index contributed by atoms with van der Waals surface area (Å²) in [5.41, 5.74) is 0.708. The van der Waals surface area contributed by atoms with Crippen molar-refractivity contribution < 1.29 is 18.1 Å². The van der Waals surface area contributed by atoms with E-state index in [-0.39, 0.29) is 17.6 Å². The van der Waals surface area contributed by atoms with Crippen molar-refractivity contribution in [3.8, 4) is 11.4 Å². The van der Waals surface area contributed by atoms with Crippen molar-refractivity contribution in [2.75, 3.05) is 25.4 Å². The molecule has 0 aliphatic carbocycles. The molecule has 1 aromatic carbocycles. The van der Waals surface area contributed by atoms with E-state index in [1.807, 2.05) is 12.1 Å². The number of piperidine rings is 1. The third-order valence-electron chi connectivity index (χ3n) is 5.39. The average Bonchev–Trinajstić information content (AvgIpc) is 3.49. The quantitative estimate of drug-likeness (QED) is 0.458. The van der Waals surface area contributed by atoms with Crippen molar-refractivity contribution in [1.29, 1.82) is 0 Å². The van der Waals surface area contributed by atoms with Crippen LogP contribution in [0.4, 0.5) is 4.39 Å². The van der Waals surface area contributed by atoms with Crippen LogP contribution >= 0.6 is 11.8 Å². The van der Waals surface area contributed by atoms with Crippen molar-refractivity contribution in [3.63, 3.8) is 0 Å². The number of aromatic nitrogens is 2. The standard InChI is InChI=1S/C23H27FN4O3S/c24-19-8-6-17(7-9-19)22-26-21(31-27-22)15-28-11-1-4-18(14-28)23(29)25-10-3-13-32-16-20-5-2-12-30-20/h2,5-9,12,18H,1,3-4,10-11,13-16H2,(H,25,29). The minimum atomic E-state index is -0.303. The topological polar surface area (TPSA) is 84.4 Å². The van der Waals surface area contributed by atoms with Crippen LogP contribution in [0.2, 0.25) is 0 Å². The molecule has 1 aliphatic rings. The fourth-order valence-electron chi connectivity index (χ4n) is 3.74. The van der Waals surface area contributed by atoms with Crippen LogP contribution in [0.3, 0.4) is 0 Å². The lowest BCUT2D eigenvalue weighted by Gasteiger charge is -2.30. The number of nitrogens with zero attached hydrogens (tertiary/aromatic N) is 3. The number of amides is 1. The Hall–Kier alpha value is -2.65. The van der Waals surface area contributed by atoms with E-state index >= 15 is 0 Å². The fraction of sp³-hybridized carbons (Fsp3) is 0.435. The maximum atomic E-state index is 13.1. The number of carbonyl (C=O) groups excluding carboxylic acids is 1. The summed E-state index contributed by atoms with van der Waals surface area (Å²) in [4.78, 5) is 19.2. The van der Waals surface area contributed by atoms with Crippen LogP contribution < -0.4 is 5.32 Å². The van der Waals surface area contributed by atoms with Gasteiger partial charge in [0.25, 0.3) is 0 Å². The predicted molar refractivity (Wildman–Crippen MR) is 120 cm³/mol. The molecule has 1 fully saturated rings. The minimum Gasteiger partial charge on any atom is -0.468 e. The lowest BCUT2D eigenvalue weighted by molar-refractivity contribution is -0.126. The molecule has 3 aromatic rings. The van der Waals surface area contributed by atoms with E-state index in [1.54, 1.807) is 30.2 Å². The first-order chi connectivity index (χ1) is 15.7. The monoisotopic (exact) mass is 458 g/mol. The molecule has 2 aromatic heterocycles. The zero-order valence-corrected chi connectivity index (χ0v) is 18.7. The van der Waals surface area contributed by atoms with Crippen molar-refractivity contribution >= 4 is 17.7 Å². The summed E-state index contributed by atoms with van der Waals surface area (Å²) in [5.74, 6) is 3.54. The first kappa shape index (κ1) is 22.5. The molecule has 1 amide bonds. The molecule has 1 atom stereocenters. The summed E-state index contributed by atoms with van der Waals surface area (Å²) >= 11 is 1.81. The molecule has 1 unspecified atom stereocenters. The van der Waals surface area contributed by atoms with E-state index in [4.69, 9.17) is 8.94 Å². The maximum Gasteiger partial charge on any atom is 0.241 e. The molecule has 32 heavy (non-hydrogen) atoms. The zero-order chi connectivity index (χ0) is 22.2. The van der Waals surface area contributed by atoms with Crippen LogP contribution in [0, 0.1) is 11.7 Å². The molecule has 9 heteroatoms. The Bertz CT molecular complexity index is 978. The largest absolute Gasteiger partial charge is 0.468 e. The number of benzene rings is 1. The molecule has 170 valence electrons. The lowest BCUT2D eigenvalue weighted by atomic mass is 9.97. The van der Waals surface area contributed by atoms with Gasteiger partial charge < -0.3 is 14.3 Å². The molecule has 7 nitrogen and oxygen atoms in total. The maximum absolute atomic E-state index is 13.1. The summed E-state index contributed by atoms with van der Waals surface area (Å²) in [6.07, 6.45) is 4.46. The van der Waals surface area contributed by atoms with E-state index in [2.05, 4.69) is 20.4 Å². The fourth-order valence-corrected chi connectivity index (χ4v) is 4.60. The van der Waals surface area contributed by atoms with Gasteiger partial charge in [0, 0.05) is 18.7 Å². The average molecular weight is 459 g/mol. The molecule has 1 saturated heterocycles. The van der Waals surface area contributed by atoms with Crippen molar-refractivity contribution in [2.45, 2.75) is 31.6 Å². The van der Waals surface area contributed by atoms with Gasteiger partial charge >= 0.3 is 0 Å². The number of furan rings is 1. The van der Waals surface area contributed by atoms with Gasteiger partial charge in [-0.05, 0) is 68.0 Å². The van der Waals surface area contributed by atoms with Gasteiger partial charge in [-0.3, -0.25) is 9.69 Å². The Morgan fingerprint density at radius 1 is 1.28 bits per heavy atom. The second-order valence-electron chi connectivity index (χ2n) is 7.87. The van der Waals surface area contributed by atoms with E-state index in [1.165, 1.54) is 12.1 Å². The van der Waals surface area contributed by atoms with Gasteiger partial charge in [0.15, 0.2) is 0 Å². The summed E-state index contributed by atoms with van der Waals surface area (Å²) < 4.78 is 23.8. The summed E-state index contributed by atoms with van der Waals surface area (Å²) in [5, 5.41) is 7.07. The smallest absolute Gasteiger partial charge is 0.241 e. The molecule has 4 rings (SSSR count). The lowest BCUT2D eigenvalue weighted by Crippen LogP contribution is -2.43. The Kier molecular flexibility index (Phi) is 7.95. The van der Waals surface area contributed by atoms with E-state index < -0.39 is 0 Å². The summed E-state index contributed by atoms with van der Waals surface area (Å²) in [7, 11) is 0. The number of rotatable bonds is 10. The molecule has 0 spiro atoms. The summed E-state index contributed by atoms with van der Waals surface area (Å²) in [6.45, 7) is 2.75. The van der Waals surface area contributed by atoms with Gasteiger partial charge in [-0.15, -0.1) is 0 Å². The van der Waals surface area contributed by atoms with Crippen molar-refractivity contribution in [3.05, 3.63) is 60.1 Å². The van der Waals surface area contributed by atoms with Crippen molar-refractivity contribution in [1.82, 2.24) is 20.4 Å². The molecular formula is C23H27FN4O3S. The number of thioether (sulfide) groups is 1. The number of halogens is 1. The highest BCUT2D eigenvalue weighted by Gasteiger charge is 2.26. The van der Waals surface area contributed by atoms with E-state index in [9.17, 15) is 9.18 Å². The van der Waals surface area contributed by atoms with Crippen LogP contribution in [0.25, 0.3) is 11.4 Å². The molecule has 0 bridgehead atoms. The highest BCUT2D eigenvalue weighted by Crippen LogP contribution is 2.21. The molecule has 1 aliphatic heterocycles. The Morgan fingerprint density at radius 3 is 2.97 bits per heavy atom. The number of nitrogens with one attached hydrogen (secondary N) is 1. The number of carbonyl (C=O) groups is 1. The molecule has 0 saturated carbocycles. The summed E-state index contributed by atoms with van der Waals surface area (Å²) in [6, 6.07) is 9.86. The first-order valence-electron chi connectivity index (χ1n) is 10.9. The minimum absolute atomic E-state index is 0.0287. The normalized spacial score (nSPS) is 16.8. The second-order valence-corrected chi connectivity index (χ2v) is 8.97. The van der Waals surface area contributed by atoms with Gasteiger partial charge in [0.2, 0.25) is 17.6 Å². The van der Waals surface area contributed by atoms with Crippen molar-refractivity contribution in [2.24, 2.45) is 5.92 Å². The Balaban J connectivity index is 1.18. The third kappa shape index (κ3) is 6.43. The molecule has 3 heterocycles. The van der Waals surface area contributed by atoms with Crippen LogP contribution in [-0.4, -0.2) is 46.3 Å². The molecule has 1 N–H and O–H groups in total. The number of hydrogen-bond acceptors (Lipinski definition) is 7.